The predicted molar refractivity (Wildman–Crippen MR) is 101 cm³/mol. The zero-order chi connectivity index (χ0) is 20.5. The lowest BCUT2D eigenvalue weighted by Crippen LogP contribution is -2.39. The van der Waals surface area contributed by atoms with Crippen LogP contribution in [0.2, 0.25) is 0 Å². The van der Waals surface area contributed by atoms with E-state index in [0.29, 0.717) is 5.56 Å². The van der Waals surface area contributed by atoms with Crippen molar-refractivity contribution < 1.29 is 13.6 Å². The van der Waals surface area contributed by atoms with Crippen LogP contribution >= 0.6 is 11.6 Å². The molecule has 0 saturated heterocycles. The summed E-state index contributed by atoms with van der Waals surface area (Å²) >= 11 is 6.39. The Kier molecular flexibility index (Phi) is 3.71. The molecule has 0 amide bonds. The molecule has 0 radical (unpaired) electrons. The van der Waals surface area contributed by atoms with Gasteiger partial charge in [0.25, 0.3) is 5.92 Å². The molecule has 0 bridgehead atoms. The maximum absolute atomic E-state index is 13.4. The van der Waals surface area contributed by atoms with Crippen molar-refractivity contribution in [3.05, 3.63) is 52.4 Å². The Morgan fingerprint density at radius 1 is 1.38 bits per heavy atom. The lowest BCUT2D eigenvalue weighted by Gasteiger charge is -2.15. The number of rotatable bonds is 3. The first kappa shape index (κ1) is 18.0. The third-order valence-corrected chi connectivity index (χ3v) is 5.80. The average molecular weight is 414 g/mol. The van der Waals surface area contributed by atoms with Crippen molar-refractivity contribution >= 4 is 33.3 Å². The fourth-order valence-electron chi connectivity index (χ4n) is 3.82. The molecule has 29 heavy (non-hydrogen) atoms. The number of hydrogen-bond donors (Lipinski definition) is 0. The van der Waals surface area contributed by atoms with Crippen LogP contribution in [0.5, 0.6) is 0 Å². The summed E-state index contributed by atoms with van der Waals surface area (Å²) < 4.78 is 29.9. The summed E-state index contributed by atoms with van der Waals surface area (Å²) in [5.74, 6) is -3.96. The zero-order valence-electron chi connectivity index (χ0n) is 15.2. The third kappa shape index (κ3) is 2.76. The molecule has 3 heterocycles. The monoisotopic (exact) mass is 413 g/mol. The quantitative estimate of drug-likeness (QED) is 0.660. The molecule has 9 heteroatoms. The van der Waals surface area contributed by atoms with Crippen LogP contribution in [0.1, 0.15) is 23.6 Å². The standard InChI is InChI=1S/C20H14ClF2N5O/c1-27-7-11-4-10(2-3-14(11)26-27)17-19(29)15(21)18-16(25-17)12(6-24)8-28(18)9-13-5-20(13,22)23/h2-4,7-8,13,17H,5,9H2,1H3/t13-,17?/m1/s1. The second-order valence-corrected chi connectivity index (χ2v) is 7.88. The highest BCUT2D eigenvalue weighted by Crippen LogP contribution is 2.49. The number of fused-ring (bicyclic) bond motifs is 2. The van der Waals surface area contributed by atoms with Crippen molar-refractivity contribution in [1.82, 2.24) is 14.3 Å². The summed E-state index contributed by atoms with van der Waals surface area (Å²) in [6, 6.07) is 6.50. The molecular formula is C20H14ClF2N5O. The normalized spacial score (nSPS) is 22.3. The van der Waals surface area contributed by atoms with Crippen LogP contribution < -0.4 is 10.7 Å². The van der Waals surface area contributed by atoms with Gasteiger partial charge in [-0.3, -0.25) is 14.5 Å². The number of aromatic nitrogens is 3. The minimum atomic E-state index is -2.71. The zero-order valence-corrected chi connectivity index (χ0v) is 16.0. The number of Topliss-reactive ketones (excluding diaryl/α,β-unsaturated/α-hetero) is 1. The largest absolute Gasteiger partial charge is 0.343 e. The Bertz CT molecular complexity index is 1360. The van der Waals surface area contributed by atoms with E-state index in [0.717, 1.165) is 10.9 Å². The summed E-state index contributed by atoms with van der Waals surface area (Å²) in [4.78, 5) is 17.5. The number of carbonyl (C=O) groups excluding carboxylic acids is 1. The number of ketones is 1. The van der Waals surface area contributed by atoms with Crippen molar-refractivity contribution in [1.29, 1.82) is 5.26 Å². The number of nitriles is 1. The van der Waals surface area contributed by atoms with E-state index < -0.39 is 23.7 Å². The topological polar surface area (TPSA) is 76.0 Å². The van der Waals surface area contributed by atoms with Gasteiger partial charge in [-0.05, 0) is 17.7 Å². The number of benzene rings is 1. The molecule has 146 valence electrons. The fraction of sp³-hybridized carbons (Fsp3) is 0.300. The molecule has 1 aromatic carbocycles. The molecule has 0 N–H and O–H groups in total. The van der Waals surface area contributed by atoms with Gasteiger partial charge in [0.15, 0.2) is 0 Å². The van der Waals surface area contributed by atoms with Gasteiger partial charge >= 0.3 is 0 Å². The molecule has 2 atom stereocenters. The van der Waals surface area contributed by atoms with E-state index in [1.807, 2.05) is 18.3 Å². The van der Waals surface area contributed by atoms with Crippen molar-refractivity contribution in [2.24, 2.45) is 18.0 Å². The smallest absolute Gasteiger partial charge is 0.253 e. The van der Waals surface area contributed by atoms with E-state index in [2.05, 4.69) is 10.1 Å². The highest BCUT2D eigenvalue weighted by atomic mass is 35.5. The minimum Gasteiger partial charge on any atom is -0.343 e. The maximum atomic E-state index is 13.4. The highest BCUT2D eigenvalue weighted by molar-refractivity contribution is 6.61. The van der Waals surface area contributed by atoms with Crippen molar-refractivity contribution in [3.8, 4) is 6.07 Å². The molecule has 1 fully saturated rings. The number of halogens is 3. The third-order valence-electron chi connectivity index (χ3n) is 5.43. The van der Waals surface area contributed by atoms with Crippen LogP contribution in [0.4, 0.5) is 8.78 Å². The first-order chi connectivity index (χ1) is 13.8. The van der Waals surface area contributed by atoms with Gasteiger partial charge < -0.3 is 4.57 Å². The molecular weight excluding hydrogens is 400 g/mol. The Labute approximate surface area is 168 Å². The van der Waals surface area contributed by atoms with Gasteiger partial charge in [-0.1, -0.05) is 17.7 Å². The van der Waals surface area contributed by atoms with Gasteiger partial charge in [-0.25, -0.2) is 8.78 Å². The van der Waals surface area contributed by atoms with Crippen LogP contribution in [0.25, 0.3) is 15.9 Å². The van der Waals surface area contributed by atoms with Gasteiger partial charge in [0.2, 0.25) is 5.78 Å². The Balaban J connectivity index is 1.65. The summed E-state index contributed by atoms with van der Waals surface area (Å²) in [6.07, 6.45) is 3.07. The number of aryl methyl sites for hydroxylation is 1. The maximum Gasteiger partial charge on any atom is 0.253 e. The van der Waals surface area contributed by atoms with Gasteiger partial charge in [0.05, 0.1) is 16.4 Å². The predicted octanol–water partition coefficient (Wildman–Crippen LogP) is 2.19. The molecule has 1 unspecified atom stereocenters. The number of alkyl halides is 2. The summed E-state index contributed by atoms with van der Waals surface area (Å²) in [5.41, 5.74) is 1.62. The summed E-state index contributed by atoms with van der Waals surface area (Å²) in [6.45, 7) is -0.0116. The van der Waals surface area contributed by atoms with E-state index in [9.17, 15) is 18.8 Å². The van der Waals surface area contributed by atoms with Crippen LogP contribution in [0.3, 0.4) is 0 Å². The fourth-order valence-corrected chi connectivity index (χ4v) is 4.13. The lowest BCUT2D eigenvalue weighted by atomic mass is 9.99. The molecule has 5 rings (SSSR count). The summed E-state index contributed by atoms with van der Waals surface area (Å²) in [7, 11) is 1.80. The van der Waals surface area contributed by atoms with Gasteiger partial charge in [-0.2, -0.15) is 10.4 Å². The van der Waals surface area contributed by atoms with E-state index in [1.54, 1.807) is 23.9 Å². The minimum absolute atomic E-state index is 0.0116. The van der Waals surface area contributed by atoms with Crippen molar-refractivity contribution in [2.75, 3.05) is 0 Å². The first-order valence-electron chi connectivity index (χ1n) is 9.00. The number of nitrogens with zero attached hydrogens (tertiary/aromatic N) is 5. The van der Waals surface area contributed by atoms with Gasteiger partial charge in [0.1, 0.15) is 22.5 Å². The van der Waals surface area contributed by atoms with E-state index in [4.69, 9.17) is 11.6 Å². The highest BCUT2D eigenvalue weighted by Gasteiger charge is 2.56. The average Bonchev–Trinajstić information content (AvgIpc) is 3.00. The molecule has 2 aliphatic rings. The second-order valence-electron chi connectivity index (χ2n) is 7.50. The van der Waals surface area contributed by atoms with Gasteiger partial charge in [-0.15, -0.1) is 0 Å². The number of carbonyl (C=O) groups is 1. The first-order valence-corrected chi connectivity index (χ1v) is 9.38. The van der Waals surface area contributed by atoms with Gasteiger partial charge in [0, 0.05) is 43.7 Å². The summed E-state index contributed by atoms with van der Waals surface area (Å²) in [5, 5.41) is 15.1. The molecule has 1 aliphatic heterocycles. The second kappa shape index (κ2) is 5.97. The molecule has 3 aromatic rings. The Morgan fingerprint density at radius 2 is 2.14 bits per heavy atom. The van der Waals surface area contributed by atoms with Crippen LogP contribution in [-0.4, -0.2) is 26.1 Å². The molecule has 6 nitrogen and oxygen atoms in total. The van der Waals surface area contributed by atoms with Crippen LogP contribution in [-0.2, 0) is 18.4 Å². The lowest BCUT2D eigenvalue weighted by molar-refractivity contribution is -0.115. The Hall–Kier alpha value is -3.05. The van der Waals surface area contributed by atoms with Crippen LogP contribution in [0, 0.1) is 17.2 Å². The van der Waals surface area contributed by atoms with Crippen molar-refractivity contribution in [3.63, 3.8) is 0 Å². The molecule has 2 aromatic heterocycles. The number of hydrogen-bond acceptors (Lipinski definition) is 4. The van der Waals surface area contributed by atoms with E-state index >= 15 is 0 Å². The molecule has 1 saturated carbocycles. The Morgan fingerprint density at radius 3 is 2.83 bits per heavy atom. The molecule has 1 aliphatic carbocycles. The van der Waals surface area contributed by atoms with E-state index in [1.165, 1.54) is 10.8 Å². The molecule has 0 spiro atoms. The van der Waals surface area contributed by atoms with Crippen molar-refractivity contribution in [2.45, 2.75) is 24.9 Å². The van der Waals surface area contributed by atoms with Crippen LogP contribution in [0.15, 0.2) is 35.6 Å². The SMILES string of the molecule is Cn1cc2cc(C3N=c4c(C#N)cn(C[C@H]5CC5(F)F)c4=C(Cl)C3=O)ccc2n1. The van der Waals surface area contributed by atoms with E-state index in [-0.39, 0.29) is 34.3 Å².